The third-order valence-corrected chi connectivity index (χ3v) is 4.03. The first-order chi connectivity index (χ1) is 10.3. The summed E-state index contributed by atoms with van der Waals surface area (Å²) in [5.74, 6) is 0.907. The fourth-order valence-electron chi connectivity index (χ4n) is 2.84. The first-order valence-corrected chi connectivity index (χ1v) is 8.04. The van der Waals surface area contributed by atoms with Gasteiger partial charge in [0, 0.05) is 31.5 Å². The number of hydrogen-bond acceptors (Lipinski definition) is 4. The largest absolute Gasteiger partial charge is 0.497 e. The molecule has 0 bridgehead atoms. The number of anilines is 1. The SMILES string of the molecule is COc1cccc(N(CCCN)CCCC2CCCO2)c1. The molecule has 21 heavy (non-hydrogen) atoms. The summed E-state index contributed by atoms with van der Waals surface area (Å²) in [4.78, 5) is 2.41. The van der Waals surface area contributed by atoms with Crippen molar-refractivity contribution in [3.8, 4) is 5.75 Å². The lowest BCUT2D eigenvalue weighted by atomic mass is 10.1. The monoisotopic (exact) mass is 292 g/mol. The van der Waals surface area contributed by atoms with Crippen molar-refractivity contribution < 1.29 is 9.47 Å². The summed E-state index contributed by atoms with van der Waals surface area (Å²) >= 11 is 0. The summed E-state index contributed by atoms with van der Waals surface area (Å²) in [6.07, 6.45) is 6.25. The molecule has 0 amide bonds. The van der Waals surface area contributed by atoms with Crippen molar-refractivity contribution in [1.82, 2.24) is 0 Å². The van der Waals surface area contributed by atoms with Gasteiger partial charge in [0.2, 0.25) is 0 Å². The van der Waals surface area contributed by atoms with E-state index >= 15 is 0 Å². The topological polar surface area (TPSA) is 47.7 Å². The maximum absolute atomic E-state index is 5.70. The van der Waals surface area contributed by atoms with Crippen molar-refractivity contribution >= 4 is 5.69 Å². The molecule has 1 aliphatic rings. The van der Waals surface area contributed by atoms with E-state index in [9.17, 15) is 0 Å². The molecule has 0 spiro atoms. The van der Waals surface area contributed by atoms with Crippen LogP contribution in [0, 0.1) is 0 Å². The van der Waals surface area contributed by atoms with Crippen molar-refractivity contribution in [3.63, 3.8) is 0 Å². The highest BCUT2D eigenvalue weighted by atomic mass is 16.5. The average molecular weight is 292 g/mol. The molecule has 1 aliphatic heterocycles. The van der Waals surface area contributed by atoms with Gasteiger partial charge in [-0.3, -0.25) is 0 Å². The van der Waals surface area contributed by atoms with Crippen LogP contribution in [-0.4, -0.2) is 39.5 Å². The summed E-state index contributed by atoms with van der Waals surface area (Å²) < 4.78 is 11.0. The van der Waals surface area contributed by atoms with E-state index in [4.69, 9.17) is 15.2 Å². The van der Waals surface area contributed by atoms with Gasteiger partial charge in [-0.05, 0) is 50.8 Å². The van der Waals surface area contributed by atoms with Crippen molar-refractivity contribution in [1.29, 1.82) is 0 Å². The molecule has 1 unspecified atom stereocenters. The molecule has 1 aromatic rings. The fraction of sp³-hybridized carbons (Fsp3) is 0.647. The van der Waals surface area contributed by atoms with Gasteiger partial charge in [-0.2, -0.15) is 0 Å². The molecule has 1 atom stereocenters. The molecule has 1 fully saturated rings. The lowest BCUT2D eigenvalue weighted by Gasteiger charge is -2.25. The first-order valence-electron chi connectivity index (χ1n) is 8.04. The van der Waals surface area contributed by atoms with Gasteiger partial charge >= 0.3 is 0 Å². The smallest absolute Gasteiger partial charge is 0.120 e. The molecule has 2 rings (SSSR count). The molecule has 1 aromatic carbocycles. The number of ether oxygens (including phenoxy) is 2. The van der Waals surface area contributed by atoms with E-state index in [1.54, 1.807) is 7.11 Å². The summed E-state index contributed by atoms with van der Waals surface area (Å²) in [5.41, 5.74) is 6.89. The van der Waals surface area contributed by atoms with Crippen LogP contribution < -0.4 is 15.4 Å². The fourth-order valence-corrected chi connectivity index (χ4v) is 2.84. The van der Waals surface area contributed by atoms with E-state index in [2.05, 4.69) is 17.0 Å². The van der Waals surface area contributed by atoms with Crippen LogP contribution >= 0.6 is 0 Å². The Labute approximate surface area is 128 Å². The van der Waals surface area contributed by atoms with E-state index in [1.165, 1.54) is 18.5 Å². The van der Waals surface area contributed by atoms with Crippen LogP contribution in [0.5, 0.6) is 5.75 Å². The number of rotatable bonds is 9. The van der Waals surface area contributed by atoms with Crippen LogP contribution in [0.4, 0.5) is 5.69 Å². The number of nitrogens with zero attached hydrogens (tertiary/aromatic N) is 1. The molecule has 0 saturated carbocycles. The molecule has 4 heteroatoms. The zero-order chi connectivity index (χ0) is 14.9. The van der Waals surface area contributed by atoms with E-state index in [-0.39, 0.29) is 0 Å². The molecular formula is C17H28N2O2. The lowest BCUT2D eigenvalue weighted by molar-refractivity contribution is 0.103. The Morgan fingerprint density at radius 1 is 1.33 bits per heavy atom. The minimum atomic E-state index is 0.478. The van der Waals surface area contributed by atoms with Crippen LogP contribution in [-0.2, 0) is 4.74 Å². The Morgan fingerprint density at radius 3 is 2.90 bits per heavy atom. The van der Waals surface area contributed by atoms with Gasteiger partial charge in [0.25, 0.3) is 0 Å². The second-order valence-corrected chi connectivity index (χ2v) is 5.61. The molecule has 4 nitrogen and oxygen atoms in total. The molecule has 0 aromatic heterocycles. The molecular weight excluding hydrogens is 264 g/mol. The van der Waals surface area contributed by atoms with E-state index in [1.807, 2.05) is 12.1 Å². The Hall–Kier alpha value is -1.26. The van der Waals surface area contributed by atoms with Crippen molar-refractivity contribution in [2.75, 3.05) is 38.3 Å². The van der Waals surface area contributed by atoms with Gasteiger partial charge in [0.1, 0.15) is 5.75 Å². The van der Waals surface area contributed by atoms with Crippen molar-refractivity contribution in [2.24, 2.45) is 5.73 Å². The number of benzene rings is 1. The second-order valence-electron chi connectivity index (χ2n) is 5.61. The standard InChI is InChI=1S/C17H28N2O2/c1-20-17-7-2-6-15(14-17)19(12-5-10-18)11-3-8-16-9-4-13-21-16/h2,6-7,14,16H,3-5,8-13,18H2,1H3. The van der Waals surface area contributed by atoms with Gasteiger partial charge in [0.05, 0.1) is 13.2 Å². The summed E-state index contributed by atoms with van der Waals surface area (Å²) in [6, 6.07) is 8.27. The van der Waals surface area contributed by atoms with Gasteiger partial charge in [-0.25, -0.2) is 0 Å². The second kappa shape index (κ2) is 8.90. The maximum Gasteiger partial charge on any atom is 0.120 e. The van der Waals surface area contributed by atoms with E-state index in [0.717, 1.165) is 51.3 Å². The van der Waals surface area contributed by atoms with E-state index in [0.29, 0.717) is 6.10 Å². The van der Waals surface area contributed by atoms with Crippen molar-refractivity contribution in [2.45, 2.75) is 38.2 Å². The highest BCUT2D eigenvalue weighted by Crippen LogP contribution is 2.23. The Kier molecular flexibility index (Phi) is 6.83. The first kappa shape index (κ1) is 16.1. The number of methoxy groups -OCH3 is 1. The van der Waals surface area contributed by atoms with Gasteiger partial charge in [-0.15, -0.1) is 0 Å². The van der Waals surface area contributed by atoms with Crippen LogP contribution in [0.25, 0.3) is 0 Å². The normalized spacial score (nSPS) is 17.9. The van der Waals surface area contributed by atoms with Crippen LogP contribution in [0.15, 0.2) is 24.3 Å². The minimum absolute atomic E-state index is 0.478. The quantitative estimate of drug-likeness (QED) is 0.760. The Morgan fingerprint density at radius 2 is 2.19 bits per heavy atom. The lowest BCUT2D eigenvalue weighted by Crippen LogP contribution is -2.28. The molecule has 0 radical (unpaired) electrons. The number of nitrogens with two attached hydrogens (primary N) is 1. The van der Waals surface area contributed by atoms with Gasteiger partial charge < -0.3 is 20.1 Å². The highest BCUT2D eigenvalue weighted by molar-refractivity contribution is 5.50. The third kappa shape index (κ3) is 5.21. The maximum atomic E-state index is 5.70. The van der Waals surface area contributed by atoms with Crippen LogP contribution in [0.3, 0.4) is 0 Å². The van der Waals surface area contributed by atoms with Gasteiger partial charge in [-0.1, -0.05) is 6.07 Å². The molecule has 1 saturated heterocycles. The summed E-state index contributed by atoms with van der Waals surface area (Å²) in [7, 11) is 1.71. The average Bonchev–Trinajstić information content (AvgIpc) is 3.04. The predicted octanol–water partition coefficient (Wildman–Crippen LogP) is 2.81. The molecule has 2 N–H and O–H groups in total. The zero-order valence-corrected chi connectivity index (χ0v) is 13.1. The zero-order valence-electron chi connectivity index (χ0n) is 13.1. The third-order valence-electron chi connectivity index (χ3n) is 4.03. The number of hydrogen-bond donors (Lipinski definition) is 1. The van der Waals surface area contributed by atoms with Gasteiger partial charge in [0.15, 0.2) is 0 Å². The molecule has 0 aliphatic carbocycles. The molecule has 118 valence electrons. The predicted molar refractivity (Wildman–Crippen MR) is 87.1 cm³/mol. The van der Waals surface area contributed by atoms with Crippen LogP contribution in [0.2, 0.25) is 0 Å². The van der Waals surface area contributed by atoms with Crippen molar-refractivity contribution in [3.05, 3.63) is 24.3 Å². The van der Waals surface area contributed by atoms with Crippen LogP contribution in [0.1, 0.15) is 32.1 Å². The minimum Gasteiger partial charge on any atom is -0.497 e. The summed E-state index contributed by atoms with van der Waals surface area (Å²) in [6.45, 7) is 3.71. The highest BCUT2D eigenvalue weighted by Gasteiger charge is 2.15. The van der Waals surface area contributed by atoms with E-state index < -0.39 is 0 Å². The Balaban J connectivity index is 1.89. The molecule has 1 heterocycles. The summed E-state index contributed by atoms with van der Waals surface area (Å²) in [5, 5.41) is 0. The Bertz CT molecular complexity index is 406.